The molecule has 0 bridgehead atoms. The van der Waals surface area contributed by atoms with Crippen LogP contribution in [0, 0.1) is 13.0 Å². The van der Waals surface area contributed by atoms with Gasteiger partial charge in [0.05, 0.1) is 11.0 Å². The van der Waals surface area contributed by atoms with Gasteiger partial charge in [-0.25, -0.2) is 0 Å². The highest BCUT2D eigenvalue weighted by Gasteiger charge is 2.16. The summed E-state index contributed by atoms with van der Waals surface area (Å²) in [4.78, 5) is 23.2. The molecule has 0 fully saturated rings. The molecule has 0 saturated carbocycles. The number of hydrogen-bond acceptors (Lipinski definition) is 2. The average molecular weight is 356 g/mol. The Morgan fingerprint density at radius 2 is 1.74 bits per heavy atom. The van der Waals surface area contributed by atoms with Crippen molar-refractivity contribution in [1.82, 2.24) is 4.57 Å². The topological polar surface area (TPSA) is 91.1 Å². The van der Waals surface area contributed by atoms with Crippen LogP contribution in [0.5, 0.6) is 0 Å². The molecule has 133 valence electrons. The average Bonchev–Trinajstić information content (AvgIpc) is 2.95. The molecular formula is C22H18N3O2. The summed E-state index contributed by atoms with van der Waals surface area (Å²) in [5.74, 6) is -0.908. The third-order valence-corrected chi connectivity index (χ3v) is 4.78. The maximum Gasteiger partial charge on any atom is 0.249 e. The van der Waals surface area contributed by atoms with Gasteiger partial charge in [-0.05, 0) is 54.4 Å². The van der Waals surface area contributed by atoms with Crippen molar-refractivity contribution in [3.05, 3.63) is 82.9 Å². The van der Waals surface area contributed by atoms with E-state index in [0.29, 0.717) is 17.7 Å². The van der Waals surface area contributed by atoms with E-state index in [1.165, 1.54) is 0 Å². The Morgan fingerprint density at radius 3 is 2.41 bits per heavy atom. The Bertz CT molecular complexity index is 1200. The van der Waals surface area contributed by atoms with Crippen LogP contribution in [0.25, 0.3) is 21.8 Å². The first-order valence-electron chi connectivity index (χ1n) is 8.57. The van der Waals surface area contributed by atoms with E-state index in [1.54, 1.807) is 18.2 Å². The molecule has 5 heteroatoms. The van der Waals surface area contributed by atoms with Crippen molar-refractivity contribution >= 4 is 33.6 Å². The van der Waals surface area contributed by atoms with Crippen LogP contribution >= 0.6 is 0 Å². The van der Waals surface area contributed by atoms with Gasteiger partial charge >= 0.3 is 0 Å². The number of fused-ring (bicyclic) bond motifs is 3. The number of primary amides is 2. The molecule has 0 aliphatic rings. The molecule has 27 heavy (non-hydrogen) atoms. The number of benzene rings is 3. The molecule has 2 amide bonds. The second-order valence-corrected chi connectivity index (χ2v) is 6.65. The number of aromatic nitrogens is 1. The van der Waals surface area contributed by atoms with Crippen molar-refractivity contribution in [2.45, 2.75) is 13.5 Å². The van der Waals surface area contributed by atoms with E-state index in [-0.39, 0.29) is 0 Å². The highest BCUT2D eigenvalue weighted by molar-refractivity contribution is 6.17. The van der Waals surface area contributed by atoms with Gasteiger partial charge in [0.2, 0.25) is 11.8 Å². The molecule has 4 N–H and O–H groups in total. The molecule has 3 aromatic carbocycles. The predicted molar refractivity (Wildman–Crippen MR) is 106 cm³/mol. The Kier molecular flexibility index (Phi) is 3.92. The van der Waals surface area contributed by atoms with Gasteiger partial charge in [-0.1, -0.05) is 24.3 Å². The van der Waals surface area contributed by atoms with Gasteiger partial charge in [-0.3, -0.25) is 9.59 Å². The first kappa shape index (κ1) is 16.8. The highest BCUT2D eigenvalue weighted by atomic mass is 16.1. The van der Waals surface area contributed by atoms with Crippen molar-refractivity contribution in [3.8, 4) is 0 Å². The minimum absolute atomic E-state index is 0.449. The third-order valence-electron chi connectivity index (χ3n) is 4.78. The minimum atomic E-state index is -0.459. The largest absolute Gasteiger partial charge is 0.366 e. The lowest BCUT2D eigenvalue weighted by atomic mass is 10.1. The van der Waals surface area contributed by atoms with E-state index in [0.717, 1.165) is 32.9 Å². The number of nitrogens with zero attached hydrogens (tertiary/aromatic N) is 1. The quantitative estimate of drug-likeness (QED) is 0.588. The second-order valence-electron chi connectivity index (χ2n) is 6.65. The van der Waals surface area contributed by atoms with Crippen LogP contribution in [0.4, 0.5) is 0 Å². The molecule has 0 unspecified atom stereocenters. The first-order valence-corrected chi connectivity index (χ1v) is 8.57. The Balaban J connectivity index is 1.95. The summed E-state index contributed by atoms with van der Waals surface area (Å²) in [7, 11) is 0. The summed E-state index contributed by atoms with van der Waals surface area (Å²) >= 11 is 0. The fraction of sp³-hybridized carbons (Fsp3) is 0.0909. The number of amides is 2. The molecule has 4 aromatic rings. The smallest absolute Gasteiger partial charge is 0.249 e. The van der Waals surface area contributed by atoms with Gasteiger partial charge in [0.1, 0.15) is 0 Å². The summed E-state index contributed by atoms with van der Waals surface area (Å²) in [6, 6.07) is 20.0. The molecule has 5 nitrogen and oxygen atoms in total. The van der Waals surface area contributed by atoms with Gasteiger partial charge in [-0.15, -0.1) is 0 Å². The summed E-state index contributed by atoms with van der Waals surface area (Å²) in [6.45, 7) is 2.59. The van der Waals surface area contributed by atoms with E-state index >= 15 is 0 Å². The van der Waals surface area contributed by atoms with Crippen LogP contribution in [-0.2, 0) is 6.54 Å². The molecule has 0 aliphatic heterocycles. The van der Waals surface area contributed by atoms with Crippen LogP contribution in [0.15, 0.2) is 54.6 Å². The van der Waals surface area contributed by atoms with Gasteiger partial charge in [0, 0.05) is 28.4 Å². The molecule has 1 aromatic heterocycles. The molecule has 0 aliphatic carbocycles. The Labute approximate surface area is 156 Å². The maximum absolute atomic E-state index is 11.9. The standard InChI is InChI=1S/C22H18N3O2/c1-13-5-10-16-19(11-13)25(12-14-6-8-15(9-7-14)21(23)26)18-4-2-3-17(20(16)18)22(24)27/h2-9,11H,12H2,1H3,(H2,23,26)(H2,24,27). The van der Waals surface area contributed by atoms with Crippen molar-refractivity contribution in [3.63, 3.8) is 0 Å². The number of carbonyl (C=O) groups is 2. The molecular weight excluding hydrogens is 338 g/mol. The van der Waals surface area contributed by atoms with E-state index in [4.69, 9.17) is 11.5 Å². The summed E-state index contributed by atoms with van der Waals surface area (Å²) in [5.41, 5.74) is 15.9. The zero-order valence-electron chi connectivity index (χ0n) is 14.8. The van der Waals surface area contributed by atoms with E-state index in [1.807, 2.05) is 37.3 Å². The third kappa shape index (κ3) is 2.83. The lowest BCUT2D eigenvalue weighted by molar-refractivity contribution is 0.0992. The summed E-state index contributed by atoms with van der Waals surface area (Å²) in [5, 5.41) is 1.69. The highest BCUT2D eigenvalue weighted by Crippen LogP contribution is 2.32. The number of rotatable bonds is 4. The lowest BCUT2D eigenvalue weighted by Crippen LogP contribution is -2.11. The summed E-state index contributed by atoms with van der Waals surface area (Å²) < 4.78 is 2.14. The second kappa shape index (κ2) is 6.29. The van der Waals surface area contributed by atoms with Gasteiger partial charge in [0.25, 0.3) is 0 Å². The fourth-order valence-electron chi connectivity index (χ4n) is 3.49. The van der Waals surface area contributed by atoms with E-state index < -0.39 is 11.8 Å². The normalized spacial score (nSPS) is 11.1. The van der Waals surface area contributed by atoms with Crippen molar-refractivity contribution < 1.29 is 9.59 Å². The molecule has 4 rings (SSSR count). The van der Waals surface area contributed by atoms with Crippen LogP contribution in [-0.4, -0.2) is 16.4 Å². The van der Waals surface area contributed by atoms with Crippen molar-refractivity contribution in [1.29, 1.82) is 0 Å². The van der Waals surface area contributed by atoms with Crippen LogP contribution in [0.3, 0.4) is 0 Å². The Hall–Kier alpha value is -3.60. The van der Waals surface area contributed by atoms with Crippen molar-refractivity contribution in [2.75, 3.05) is 0 Å². The molecule has 0 spiro atoms. The van der Waals surface area contributed by atoms with E-state index in [2.05, 4.69) is 16.7 Å². The van der Waals surface area contributed by atoms with Gasteiger partial charge in [0.15, 0.2) is 0 Å². The summed E-state index contributed by atoms with van der Waals surface area (Å²) in [6.07, 6.45) is 0. The fourth-order valence-corrected chi connectivity index (χ4v) is 3.49. The lowest BCUT2D eigenvalue weighted by Gasteiger charge is -2.09. The molecule has 1 radical (unpaired) electrons. The van der Waals surface area contributed by atoms with Gasteiger partial charge in [-0.2, -0.15) is 0 Å². The SMILES string of the molecule is Cc1c[c]c2c3c(C(N)=O)cccc3n(Cc3ccc(C(N)=O)cc3)c2c1. The number of nitrogens with two attached hydrogens (primary N) is 2. The van der Waals surface area contributed by atoms with Crippen LogP contribution in [0.2, 0.25) is 0 Å². The predicted octanol–water partition coefficient (Wildman–Crippen LogP) is 3.15. The maximum atomic E-state index is 11.9. The minimum Gasteiger partial charge on any atom is -0.366 e. The van der Waals surface area contributed by atoms with E-state index in [9.17, 15) is 9.59 Å². The number of carbonyl (C=O) groups excluding carboxylic acids is 2. The molecule has 1 heterocycles. The first-order chi connectivity index (χ1) is 13.0. The van der Waals surface area contributed by atoms with Crippen molar-refractivity contribution in [2.24, 2.45) is 11.5 Å². The monoisotopic (exact) mass is 356 g/mol. The molecule has 0 saturated heterocycles. The van der Waals surface area contributed by atoms with Crippen LogP contribution in [0.1, 0.15) is 31.8 Å². The zero-order valence-corrected chi connectivity index (χ0v) is 14.8. The zero-order chi connectivity index (χ0) is 19.1. The Morgan fingerprint density at radius 1 is 1.00 bits per heavy atom. The number of aryl methyl sites for hydroxylation is 1. The van der Waals surface area contributed by atoms with Crippen LogP contribution < -0.4 is 11.5 Å². The number of hydrogen-bond donors (Lipinski definition) is 2. The van der Waals surface area contributed by atoms with Gasteiger partial charge < -0.3 is 16.0 Å². The molecule has 0 atom stereocenters.